The fourth-order valence-corrected chi connectivity index (χ4v) is 4.49. The van der Waals surface area contributed by atoms with Gasteiger partial charge in [0.25, 0.3) is 0 Å². The molecule has 1 aromatic rings. The summed E-state index contributed by atoms with van der Waals surface area (Å²) >= 11 is 5.98. The third kappa shape index (κ3) is 3.20. The molecular formula is C21H23ClN2O3. The van der Waals surface area contributed by atoms with Gasteiger partial charge in [-0.05, 0) is 29.7 Å². The third-order valence-electron chi connectivity index (χ3n) is 5.62. The molecule has 0 spiro atoms. The Labute approximate surface area is 164 Å². The minimum absolute atomic E-state index is 0.124. The number of esters is 1. The number of nitrogens with zero attached hydrogens (tertiary/aromatic N) is 1. The first-order valence-electron chi connectivity index (χ1n) is 9.16. The third-order valence-corrected chi connectivity index (χ3v) is 5.89. The van der Waals surface area contributed by atoms with Crippen LogP contribution in [0.4, 0.5) is 0 Å². The van der Waals surface area contributed by atoms with Crippen molar-refractivity contribution in [1.29, 1.82) is 0 Å². The molecule has 4 unspecified atom stereocenters. The highest BCUT2D eigenvalue weighted by Gasteiger charge is 2.42. The molecule has 0 amide bonds. The molecule has 0 radical (unpaired) electrons. The van der Waals surface area contributed by atoms with E-state index in [9.17, 15) is 9.90 Å². The van der Waals surface area contributed by atoms with Gasteiger partial charge < -0.3 is 15.2 Å². The van der Waals surface area contributed by atoms with Gasteiger partial charge in [-0.15, -0.1) is 11.6 Å². The van der Waals surface area contributed by atoms with Crippen LogP contribution in [-0.2, 0) is 4.74 Å². The number of rotatable bonds is 4. The van der Waals surface area contributed by atoms with Gasteiger partial charge in [0, 0.05) is 18.2 Å². The number of carbonyl (C=O) groups is 1. The minimum atomic E-state index is -0.735. The zero-order valence-corrected chi connectivity index (χ0v) is 15.9. The first-order valence-corrected chi connectivity index (χ1v) is 9.70. The Balaban J connectivity index is 1.73. The number of halogens is 1. The molecule has 142 valence electrons. The lowest BCUT2D eigenvalue weighted by Crippen LogP contribution is -2.45. The standard InChI is InChI=1S/C21H23ClN2O3/c1-27-21(26)14-8-6-13(7-9-14)20-19-16(10-11-24(20)18(25)12-22)15-4-2-3-5-17(15)23-19/h2-9,15,17-18,20,23,25H,10-12H2,1H3. The topological polar surface area (TPSA) is 61.8 Å². The molecule has 4 rings (SSSR count). The van der Waals surface area contributed by atoms with Crippen LogP contribution >= 0.6 is 11.6 Å². The van der Waals surface area contributed by atoms with E-state index in [1.165, 1.54) is 12.7 Å². The lowest BCUT2D eigenvalue weighted by Gasteiger charge is -2.40. The second-order valence-electron chi connectivity index (χ2n) is 7.04. The normalized spacial score (nSPS) is 27.7. The lowest BCUT2D eigenvalue weighted by molar-refractivity contribution is -0.00582. The molecule has 4 atom stereocenters. The van der Waals surface area contributed by atoms with Crippen LogP contribution in [0.25, 0.3) is 0 Å². The van der Waals surface area contributed by atoms with E-state index in [1.54, 1.807) is 12.1 Å². The molecule has 5 nitrogen and oxygen atoms in total. The molecule has 6 heteroatoms. The van der Waals surface area contributed by atoms with Gasteiger partial charge >= 0.3 is 5.97 Å². The molecule has 0 saturated heterocycles. The number of hydrogen-bond acceptors (Lipinski definition) is 5. The maximum atomic E-state index is 11.7. The number of methoxy groups -OCH3 is 1. The molecule has 2 aliphatic heterocycles. The fourth-order valence-electron chi connectivity index (χ4n) is 4.32. The van der Waals surface area contributed by atoms with Gasteiger partial charge in [0.15, 0.2) is 0 Å². The van der Waals surface area contributed by atoms with Crippen LogP contribution in [0.5, 0.6) is 0 Å². The maximum Gasteiger partial charge on any atom is 0.337 e. The Kier molecular flexibility index (Phi) is 5.08. The fraction of sp³-hybridized carbons (Fsp3) is 0.381. The van der Waals surface area contributed by atoms with Gasteiger partial charge in [-0.25, -0.2) is 4.79 Å². The number of alkyl halides is 1. The van der Waals surface area contributed by atoms with Crippen LogP contribution in [0.1, 0.15) is 28.4 Å². The van der Waals surface area contributed by atoms with E-state index in [1.807, 2.05) is 17.0 Å². The van der Waals surface area contributed by atoms with Gasteiger partial charge in [0.05, 0.1) is 30.6 Å². The first kappa shape index (κ1) is 18.3. The molecular weight excluding hydrogens is 364 g/mol. The summed E-state index contributed by atoms with van der Waals surface area (Å²) in [5.41, 5.74) is 4.05. The summed E-state index contributed by atoms with van der Waals surface area (Å²) in [6.45, 7) is 0.735. The Bertz CT molecular complexity index is 815. The molecule has 3 aliphatic rings. The predicted octanol–water partition coefficient (Wildman–Crippen LogP) is 2.75. The summed E-state index contributed by atoms with van der Waals surface area (Å²) in [6.07, 6.45) is 8.75. The number of carbonyl (C=O) groups excluding carboxylic acids is 1. The van der Waals surface area contributed by atoms with Crippen molar-refractivity contribution in [2.24, 2.45) is 5.92 Å². The van der Waals surface area contributed by atoms with Crippen molar-refractivity contribution in [2.45, 2.75) is 24.7 Å². The summed E-state index contributed by atoms with van der Waals surface area (Å²) in [5, 5.41) is 14.2. The molecule has 2 heterocycles. The van der Waals surface area contributed by atoms with Gasteiger partial charge in [0.2, 0.25) is 0 Å². The summed E-state index contributed by atoms with van der Waals surface area (Å²) in [4.78, 5) is 13.8. The van der Waals surface area contributed by atoms with Gasteiger partial charge in [-0.1, -0.05) is 36.4 Å². The molecule has 2 N–H and O–H groups in total. The molecule has 1 aliphatic carbocycles. The highest BCUT2D eigenvalue weighted by molar-refractivity contribution is 6.18. The van der Waals surface area contributed by atoms with Gasteiger partial charge in [0.1, 0.15) is 6.23 Å². The van der Waals surface area contributed by atoms with E-state index >= 15 is 0 Å². The average Bonchev–Trinajstić information content (AvgIpc) is 3.10. The average molecular weight is 387 g/mol. The number of nitrogens with one attached hydrogen (secondary N) is 1. The van der Waals surface area contributed by atoms with Crippen molar-refractivity contribution in [3.8, 4) is 0 Å². The monoisotopic (exact) mass is 386 g/mol. The maximum absolute atomic E-state index is 11.7. The second kappa shape index (κ2) is 7.50. The van der Waals surface area contributed by atoms with Crippen LogP contribution in [0, 0.1) is 5.92 Å². The number of allylic oxidation sites excluding steroid dienone is 2. The van der Waals surface area contributed by atoms with Crippen molar-refractivity contribution in [1.82, 2.24) is 10.2 Å². The molecule has 0 aromatic heterocycles. The van der Waals surface area contributed by atoms with Crippen molar-refractivity contribution >= 4 is 17.6 Å². The highest BCUT2D eigenvalue weighted by Crippen LogP contribution is 2.44. The largest absolute Gasteiger partial charge is 0.465 e. The number of benzene rings is 1. The Morgan fingerprint density at radius 3 is 2.78 bits per heavy atom. The number of hydrogen-bond donors (Lipinski definition) is 2. The summed E-state index contributed by atoms with van der Waals surface area (Å²) in [5.74, 6) is 0.145. The zero-order chi connectivity index (χ0) is 19.0. The van der Waals surface area contributed by atoms with Crippen LogP contribution in [-0.4, -0.2) is 47.8 Å². The second-order valence-corrected chi connectivity index (χ2v) is 7.35. The van der Waals surface area contributed by atoms with Crippen LogP contribution < -0.4 is 5.32 Å². The predicted molar refractivity (Wildman–Crippen MR) is 104 cm³/mol. The minimum Gasteiger partial charge on any atom is -0.465 e. The van der Waals surface area contributed by atoms with E-state index in [-0.39, 0.29) is 23.9 Å². The van der Waals surface area contributed by atoms with E-state index in [0.29, 0.717) is 11.5 Å². The van der Waals surface area contributed by atoms with E-state index in [2.05, 4.69) is 29.6 Å². The molecule has 27 heavy (non-hydrogen) atoms. The van der Waals surface area contributed by atoms with Gasteiger partial charge in [-0.3, -0.25) is 4.90 Å². The summed E-state index contributed by atoms with van der Waals surface area (Å²) in [7, 11) is 1.37. The van der Waals surface area contributed by atoms with Gasteiger partial charge in [-0.2, -0.15) is 0 Å². The summed E-state index contributed by atoms with van der Waals surface area (Å²) in [6, 6.07) is 7.52. The Morgan fingerprint density at radius 2 is 2.07 bits per heavy atom. The molecule has 0 bridgehead atoms. The van der Waals surface area contributed by atoms with Crippen molar-refractivity contribution in [3.63, 3.8) is 0 Å². The smallest absolute Gasteiger partial charge is 0.337 e. The number of ether oxygens (including phenoxy) is 1. The van der Waals surface area contributed by atoms with Crippen molar-refractivity contribution in [3.05, 3.63) is 71.0 Å². The molecule has 1 aromatic carbocycles. The van der Waals surface area contributed by atoms with E-state index < -0.39 is 6.23 Å². The van der Waals surface area contributed by atoms with Crippen LogP contribution in [0.15, 0.2) is 59.8 Å². The SMILES string of the molecule is COC(=O)c1ccc(C2C3=C(CCN2C(O)CCl)C2C=CC=CC2N3)cc1. The quantitative estimate of drug-likeness (QED) is 0.615. The van der Waals surface area contributed by atoms with Crippen molar-refractivity contribution < 1.29 is 14.6 Å². The number of aliphatic hydroxyl groups excluding tert-OH is 1. The van der Waals surface area contributed by atoms with Crippen LogP contribution in [0.3, 0.4) is 0 Å². The van der Waals surface area contributed by atoms with Crippen LogP contribution in [0.2, 0.25) is 0 Å². The number of aliphatic hydroxyl groups is 1. The summed E-state index contributed by atoms with van der Waals surface area (Å²) < 4.78 is 4.79. The van der Waals surface area contributed by atoms with Crippen molar-refractivity contribution in [2.75, 3.05) is 19.5 Å². The highest BCUT2D eigenvalue weighted by atomic mass is 35.5. The zero-order valence-electron chi connectivity index (χ0n) is 15.1. The molecule has 0 fully saturated rings. The Hall–Kier alpha value is -2.08. The number of fused-ring (bicyclic) bond motifs is 2. The first-order chi connectivity index (χ1) is 13.1. The molecule has 0 saturated carbocycles. The Morgan fingerprint density at radius 1 is 1.33 bits per heavy atom. The van der Waals surface area contributed by atoms with E-state index in [4.69, 9.17) is 16.3 Å². The van der Waals surface area contributed by atoms with E-state index in [0.717, 1.165) is 24.2 Å². The lowest BCUT2D eigenvalue weighted by atomic mass is 9.85.